The van der Waals surface area contributed by atoms with Gasteiger partial charge in [0.1, 0.15) is 5.82 Å². The van der Waals surface area contributed by atoms with Crippen LogP contribution in [0.3, 0.4) is 0 Å². The topological polar surface area (TPSA) is 68.0 Å². The number of nitrogen functional groups attached to an aromatic ring is 1. The van der Waals surface area contributed by atoms with E-state index in [1.54, 1.807) is 0 Å². The Morgan fingerprint density at radius 1 is 1.32 bits per heavy atom. The predicted octanol–water partition coefficient (Wildman–Crippen LogP) is 3.36. The Labute approximate surface area is 118 Å². The molecular weight excluding hydrogens is 292 g/mol. The summed E-state index contributed by atoms with van der Waals surface area (Å²) in [4.78, 5) is 15.8. The van der Waals surface area contributed by atoms with Crippen molar-refractivity contribution in [1.29, 1.82) is 0 Å². The molecule has 19 heavy (non-hydrogen) atoms. The number of benzene rings is 1. The van der Waals surface area contributed by atoms with Crippen molar-refractivity contribution in [3.63, 3.8) is 0 Å². The molecule has 0 saturated heterocycles. The second-order valence-corrected chi connectivity index (χ2v) is 4.48. The van der Waals surface area contributed by atoms with Crippen molar-refractivity contribution in [2.24, 2.45) is 0 Å². The average molecular weight is 300 g/mol. The molecule has 0 saturated carbocycles. The molecular formula is C12H8Cl2FN3O. The van der Waals surface area contributed by atoms with Crippen molar-refractivity contribution >= 4 is 40.5 Å². The first-order valence-corrected chi connectivity index (χ1v) is 5.90. The fourth-order valence-electron chi connectivity index (χ4n) is 1.46. The van der Waals surface area contributed by atoms with Crippen LogP contribution in [0.4, 0.5) is 15.8 Å². The van der Waals surface area contributed by atoms with Crippen molar-refractivity contribution in [2.75, 3.05) is 11.1 Å². The first kappa shape index (κ1) is 13.6. The number of anilines is 2. The van der Waals surface area contributed by atoms with Gasteiger partial charge < -0.3 is 11.1 Å². The van der Waals surface area contributed by atoms with Crippen LogP contribution in [0.25, 0.3) is 0 Å². The normalized spacial score (nSPS) is 10.3. The molecule has 4 nitrogen and oxygen atoms in total. The van der Waals surface area contributed by atoms with E-state index in [-0.39, 0.29) is 27.0 Å². The van der Waals surface area contributed by atoms with E-state index in [2.05, 4.69) is 10.3 Å². The number of carbonyl (C=O) groups excluding carboxylic acids is 1. The number of hydrogen-bond donors (Lipinski definition) is 2. The van der Waals surface area contributed by atoms with Gasteiger partial charge in [-0.25, -0.2) is 4.39 Å². The van der Waals surface area contributed by atoms with Crippen LogP contribution in [0, 0.1) is 5.82 Å². The van der Waals surface area contributed by atoms with Gasteiger partial charge in [0.05, 0.1) is 33.2 Å². The van der Waals surface area contributed by atoms with Gasteiger partial charge >= 0.3 is 0 Å². The summed E-state index contributed by atoms with van der Waals surface area (Å²) in [6, 6.07) is 3.56. The maximum absolute atomic E-state index is 13.0. The quantitative estimate of drug-likeness (QED) is 0.893. The number of hydrogen-bond acceptors (Lipinski definition) is 3. The number of pyridine rings is 1. The standard InChI is InChI=1S/C12H8Cl2FN3O/c13-8-3-6(15)4-9(14)11(8)18-12(19)7-1-2-17-5-10(7)16/h1-5H,16H2,(H,18,19). The largest absolute Gasteiger partial charge is 0.397 e. The monoisotopic (exact) mass is 299 g/mol. The summed E-state index contributed by atoms with van der Waals surface area (Å²) >= 11 is 11.6. The minimum Gasteiger partial charge on any atom is -0.397 e. The highest BCUT2D eigenvalue weighted by Gasteiger charge is 2.14. The van der Waals surface area contributed by atoms with Crippen molar-refractivity contribution in [2.45, 2.75) is 0 Å². The number of aromatic nitrogens is 1. The molecule has 1 aromatic heterocycles. The lowest BCUT2D eigenvalue weighted by molar-refractivity contribution is 0.102. The Bertz CT molecular complexity index is 626. The Morgan fingerprint density at radius 2 is 1.95 bits per heavy atom. The summed E-state index contributed by atoms with van der Waals surface area (Å²) in [6.07, 6.45) is 2.78. The Morgan fingerprint density at radius 3 is 2.53 bits per heavy atom. The van der Waals surface area contributed by atoms with Crippen LogP contribution in [0.15, 0.2) is 30.6 Å². The fraction of sp³-hybridized carbons (Fsp3) is 0. The van der Waals surface area contributed by atoms with Gasteiger partial charge in [0.2, 0.25) is 0 Å². The van der Waals surface area contributed by atoms with Crippen LogP contribution in [0.5, 0.6) is 0 Å². The summed E-state index contributed by atoms with van der Waals surface area (Å²) in [5.74, 6) is -1.09. The lowest BCUT2D eigenvalue weighted by atomic mass is 10.2. The first-order chi connectivity index (χ1) is 8.99. The maximum atomic E-state index is 13.0. The summed E-state index contributed by atoms with van der Waals surface area (Å²) in [5.41, 5.74) is 6.20. The van der Waals surface area contributed by atoms with E-state index in [0.29, 0.717) is 0 Å². The van der Waals surface area contributed by atoms with Crippen molar-refractivity contribution in [1.82, 2.24) is 4.98 Å². The van der Waals surface area contributed by atoms with Gasteiger partial charge in [0.25, 0.3) is 5.91 Å². The number of nitrogens with two attached hydrogens (primary N) is 1. The summed E-state index contributed by atoms with van der Waals surface area (Å²) in [6.45, 7) is 0. The molecule has 0 aliphatic heterocycles. The molecule has 98 valence electrons. The highest BCUT2D eigenvalue weighted by molar-refractivity contribution is 6.40. The number of halogens is 3. The third-order valence-corrected chi connectivity index (χ3v) is 2.94. The minimum absolute atomic E-state index is 0.00553. The zero-order valence-corrected chi connectivity index (χ0v) is 11.0. The summed E-state index contributed by atoms with van der Waals surface area (Å²) < 4.78 is 13.0. The number of rotatable bonds is 2. The van der Waals surface area contributed by atoms with Gasteiger partial charge in [-0.15, -0.1) is 0 Å². The number of amides is 1. The van der Waals surface area contributed by atoms with Crippen LogP contribution in [0.1, 0.15) is 10.4 Å². The molecule has 0 fully saturated rings. The zero-order chi connectivity index (χ0) is 14.0. The van der Waals surface area contributed by atoms with Crippen LogP contribution in [0.2, 0.25) is 10.0 Å². The average Bonchev–Trinajstić information content (AvgIpc) is 2.34. The molecule has 0 aliphatic rings. The highest BCUT2D eigenvalue weighted by Crippen LogP contribution is 2.31. The van der Waals surface area contributed by atoms with E-state index in [0.717, 1.165) is 12.1 Å². The molecule has 0 aliphatic carbocycles. The van der Waals surface area contributed by atoms with Gasteiger partial charge in [-0.3, -0.25) is 9.78 Å². The van der Waals surface area contributed by atoms with E-state index >= 15 is 0 Å². The van der Waals surface area contributed by atoms with Gasteiger partial charge in [0, 0.05) is 6.20 Å². The maximum Gasteiger partial charge on any atom is 0.257 e. The molecule has 1 amide bonds. The third-order valence-electron chi connectivity index (χ3n) is 2.34. The molecule has 1 heterocycles. The minimum atomic E-state index is -0.587. The zero-order valence-electron chi connectivity index (χ0n) is 9.45. The van der Waals surface area contributed by atoms with E-state index in [4.69, 9.17) is 28.9 Å². The molecule has 0 radical (unpaired) electrons. The lowest BCUT2D eigenvalue weighted by Crippen LogP contribution is -2.14. The second-order valence-electron chi connectivity index (χ2n) is 3.66. The molecule has 0 spiro atoms. The fourth-order valence-corrected chi connectivity index (χ4v) is 2.01. The molecule has 0 unspecified atom stereocenters. The van der Waals surface area contributed by atoms with E-state index < -0.39 is 11.7 Å². The first-order valence-electron chi connectivity index (χ1n) is 5.14. The molecule has 3 N–H and O–H groups in total. The van der Waals surface area contributed by atoms with Crippen molar-refractivity contribution in [3.05, 3.63) is 52.0 Å². The SMILES string of the molecule is Nc1cnccc1C(=O)Nc1c(Cl)cc(F)cc1Cl. The van der Waals surface area contributed by atoms with Gasteiger partial charge in [-0.05, 0) is 18.2 Å². The third kappa shape index (κ3) is 2.94. The van der Waals surface area contributed by atoms with E-state index in [9.17, 15) is 9.18 Å². The predicted molar refractivity (Wildman–Crippen MR) is 73.0 cm³/mol. The van der Waals surface area contributed by atoms with Crippen LogP contribution in [-0.2, 0) is 0 Å². The summed E-state index contributed by atoms with van der Waals surface area (Å²) in [7, 11) is 0. The number of nitrogens with zero attached hydrogens (tertiary/aromatic N) is 1. The number of carbonyl (C=O) groups is 1. The molecule has 2 rings (SSSR count). The molecule has 0 atom stereocenters. The van der Waals surface area contributed by atoms with Crippen LogP contribution >= 0.6 is 23.2 Å². The Balaban J connectivity index is 2.32. The Hall–Kier alpha value is -1.85. The lowest BCUT2D eigenvalue weighted by Gasteiger charge is -2.10. The van der Waals surface area contributed by atoms with Crippen molar-refractivity contribution in [3.8, 4) is 0 Å². The van der Waals surface area contributed by atoms with E-state index in [1.165, 1.54) is 18.5 Å². The Kier molecular flexibility index (Phi) is 3.87. The van der Waals surface area contributed by atoms with Gasteiger partial charge in [-0.1, -0.05) is 23.2 Å². The van der Waals surface area contributed by atoms with Crippen molar-refractivity contribution < 1.29 is 9.18 Å². The van der Waals surface area contributed by atoms with E-state index in [1.807, 2.05) is 0 Å². The van der Waals surface area contributed by atoms with Gasteiger partial charge in [-0.2, -0.15) is 0 Å². The smallest absolute Gasteiger partial charge is 0.257 e. The molecule has 1 aromatic carbocycles. The van der Waals surface area contributed by atoms with Gasteiger partial charge in [0.15, 0.2) is 0 Å². The molecule has 2 aromatic rings. The van der Waals surface area contributed by atoms with Crippen LogP contribution in [-0.4, -0.2) is 10.9 Å². The van der Waals surface area contributed by atoms with Crippen LogP contribution < -0.4 is 11.1 Å². The second kappa shape index (κ2) is 5.42. The number of nitrogens with one attached hydrogen (secondary N) is 1. The highest BCUT2D eigenvalue weighted by atomic mass is 35.5. The molecule has 0 bridgehead atoms. The molecule has 7 heteroatoms. The summed E-state index contributed by atoms with van der Waals surface area (Å²) in [5, 5.41) is 2.50.